The maximum Gasteiger partial charge on any atom is 0.319 e. The molecule has 0 aliphatic carbocycles. The molecule has 9 nitrogen and oxygen atoms in total. The fourth-order valence-electron chi connectivity index (χ4n) is 5.21. The van der Waals surface area contributed by atoms with Crippen LogP contribution in [0.4, 0.5) is 16.2 Å². The third-order valence-electron chi connectivity index (χ3n) is 8.10. The smallest absolute Gasteiger partial charge is 0.319 e. The molecule has 1 aliphatic heterocycles. The molecule has 0 bridgehead atoms. The van der Waals surface area contributed by atoms with Crippen LogP contribution < -0.4 is 30.2 Å². The number of nitrogens with zero attached hydrogens (tertiary/aromatic N) is 1. The molecule has 230 valence electrons. The van der Waals surface area contributed by atoms with Crippen LogP contribution in [0.5, 0.6) is 23.0 Å². The zero-order valence-electron chi connectivity index (χ0n) is 26.0. The van der Waals surface area contributed by atoms with Crippen LogP contribution in [0.25, 0.3) is 0 Å². The molecule has 1 fully saturated rings. The maximum absolute atomic E-state index is 12.9. The van der Waals surface area contributed by atoms with Gasteiger partial charge in [0.15, 0.2) is 11.5 Å². The largest absolute Gasteiger partial charge is 0.493 e. The molecule has 3 N–H and O–H groups in total. The molecule has 1 aliphatic rings. The molecular weight excluding hydrogens is 544 g/mol. The Labute approximate surface area is 254 Å². The van der Waals surface area contributed by atoms with Crippen LogP contribution in [0.2, 0.25) is 0 Å². The third kappa shape index (κ3) is 8.64. The number of hydrogen-bond donors (Lipinski definition) is 3. The SMILES string of the molecule is CCC(CC)NC(=O)Nc1ccc(Oc2ccc(NC(=O)c3ccc(O[C@H]4C[C@@H](C)N(C)[C@@H](C)C4)cc3)cc2)c(OC)c1. The molecule has 9 heteroatoms. The summed E-state index contributed by atoms with van der Waals surface area (Å²) >= 11 is 0. The number of nitrogens with one attached hydrogen (secondary N) is 3. The van der Waals surface area contributed by atoms with Crippen molar-refractivity contribution in [2.75, 3.05) is 24.8 Å². The molecule has 4 rings (SSSR count). The van der Waals surface area contributed by atoms with Crippen molar-refractivity contribution in [1.82, 2.24) is 10.2 Å². The lowest BCUT2D eigenvalue weighted by Crippen LogP contribution is -2.47. The molecule has 3 aromatic carbocycles. The highest BCUT2D eigenvalue weighted by Crippen LogP contribution is 2.34. The topological polar surface area (TPSA) is 101 Å². The molecule has 0 spiro atoms. The predicted molar refractivity (Wildman–Crippen MR) is 171 cm³/mol. The zero-order valence-corrected chi connectivity index (χ0v) is 26.0. The molecule has 0 radical (unpaired) electrons. The Morgan fingerprint density at radius 1 is 0.837 bits per heavy atom. The second-order valence-electron chi connectivity index (χ2n) is 11.2. The van der Waals surface area contributed by atoms with Gasteiger partial charge in [-0.25, -0.2) is 4.79 Å². The second kappa shape index (κ2) is 14.8. The fraction of sp³-hybridized carbons (Fsp3) is 0.412. The summed E-state index contributed by atoms with van der Waals surface area (Å²) in [6, 6.07) is 20.4. The lowest BCUT2D eigenvalue weighted by molar-refractivity contribution is 0.0430. The number of rotatable bonds is 11. The van der Waals surface area contributed by atoms with E-state index in [1.807, 2.05) is 26.0 Å². The first-order valence-corrected chi connectivity index (χ1v) is 15.0. The molecule has 0 unspecified atom stereocenters. The van der Waals surface area contributed by atoms with E-state index >= 15 is 0 Å². The van der Waals surface area contributed by atoms with Crippen LogP contribution in [-0.2, 0) is 0 Å². The average molecular weight is 589 g/mol. The Bertz CT molecular complexity index is 1350. The minimum atomic E-state index is -0.261. The van der Waals surface area contributed by atoms with Crippen LogP contribution in [0.15, 0.2) is 66.7 Å². The number of carbonyl (C=O) groups excluding carboxylic acids is 2. The van der Waals surface area contributed by atoms with Gasteiger partial charge in [0, 0.05) is 41.1 Å². The van der Waals surface area contributed by atoms with Crippen molar-refractivity contribution in [2.45, 2.75) is 77.6 Å². The summed E-state index contributed by atoms with van der Waals surface area (Å²) in [5.41, 5.74) is 1.78. The van der Waals surface area contributed by atoms with Crippen LogP contribution in [-0.4, -0.2) is 55.2 Å². The molecule has 1 saturated heterocycles. The van der Waals surface area contributed by atoms with E-state index in [0.717, 1.165) is 31.4 Å². The Morgan fingerprint density at radius 3 is 2.05 bits per heavy atom. The van der Waals surface area contributed by atoms with Crippen molar-refractivity contribution in [3.8, 4) is 23.0 Å². The summed E-state index contributed by atoms with van der Waals surface area (Å²) in [6.45, 7) is 8.53. The Hall–Kier alpha value is -4.24. The van der Waals surface area contributed by atoms with Crippen molar-refractivity contribution in [2.24, 2.45) is 0 Å². The number of hydrogen-bond acceptors (Lipinski definition) is 6. The second-order valence-corrected chi connectivity index (χ2v) is 11.2. The number of urea groups is 1. The van der Waals surface area contributed by atoms with Gasteiger partial charge in [-0.2, -0.15) is 0 Å². The maximum atomic E-state index is 12.9. The van der Waals surface area contributed by atoms with Gasteiger partial charge in [-0.15, -0.1) is 0 Å². The van der Waals surface area contributed by atoms with E-state index < -0.39 is 0 Å². The summed E-state index contributed by atoms with van der Waals surface area (Å²) in [4.78, 5) is 27.5. The summed E-state index contributed by atoms with van der Waals surface area (Å²) < 4.78 is 17.7. The first kappa shape index (κ1) is 31.7. The average Bonchev–Trinajstić information content (AvgIpc) is 3.00. The van der Waals surface area contributed by atoms with Gasteiger partial charge < -0.3 is 35.1 Å². The number of likely N-dealkylation sites (tertiary alicyclic amines) is 1. The van der Waals surface area contributed by atoms with Crippen LogP contribution in [0, 0.1) is 0 Å². The van der Waals surface area contributed by atoms with E-state index in [1.54, 1.807) is 61.7 Å². The van der Waals surface area contributed by atoms with Gasteiger partial charge >= 0.3 is 6.03 Å². The highest BCUT2D eigenvalue weighted by Gasteiger charge is 2.29. The van der Waals surface area contributed by atoms with E-state index in [0.29, 0.717) is 46.3 Å². The Balaban J connectivity index is 1.31. The van der Waals surface area contributed by atoms with Gasteiger partial charge in [-0.3, -0.25) is 4.79 Å². The molecule has 3 aromatic rings. The van der Waals surface area contributed by atoms with Crippen molar-refractivity contribution in [1.29, 1.82) is 0 Å². The Morgan fingerprint density at radius 2 is 1.44 bits per heavy atom. The van der Waals surface area contributed by atoms with Crippen molar-refractivity contribution >= 4 is 23.3 Å². The minimum absolute atomic E-state index is 0.124. The number of benzene rings is 3. The van der Waals surface area contributed by atoms with E-state index in [2.05, 4.69) is 41.7 Å². The van der Waals surface area contributed by atoms with Crippen molar-refractivity contribution in [3.63, 3.8) is 0 Å². The van der Waals surface area contributed by atoms with E-state index in [4.69, 9.17) is 14.2 Å². The molecule has 3 atom stereocenters. The van der Waals surface area contributed by atoms with Crippen LogP contribution >= 0.6 is 0 Å². The van der Waals surface area contributed by atoms with Gasteiger partial charge in [-0.05, 0) is 107 Å². The van der Waals surface area contributed by atoms with E-state index in [-0.39, 0.29) is 24.1 Å². The van der Waals surface area contributed by atoms with E-state index in [1.165, 1.54) is 0 Å². The van der Waals surface area contributed by atoms with Crippen molar-refractivity contribution < 1.29 is 23.8 Å². The lowest BCUT2D eigenvalue weighted by atomic mass is 9.95. The molecule has 43 heavy (non-hydrogen) atoms. The zero-order chi connectivity index (χ0) is 30.9. The number of anilines is 2. The van der Waals surface area contributed by atoms with Crippen LogP contribution in [0.1, 0.15) is 63.7 Å². The molecule has 0 aromatic heterocycles. The number of carbonyl (C=O) groups is 2. The highest BCUT2D eigenvalue weighted by atomic mass is 16.5. The van der Waals surface area contributed by atoms with Gasteiger partial charge in [-0.1, -0.05) is 13.8 Å². The molecule has 1 heterocycles. The lowest BCUT2D eigenvalue weighted by Gasteiger charge is -2.40. The fourth-order valence-corrected chi connectivity index (χ4v) is 5.21. The summed E-state index contributed by atoms with van der Waals surface area (Å²) in [7, 11) is 3.70. The van der Waals surface area contributed by atoms with Crippen molar-refractivity contribution in [3.05, 3.63) is 72.3 Å². The predicted octanol–water partition coefficient (Wildman–Crippen LogP) is 7.30. The first-order chi connectivity index (χ1) is 20.7. The summed E-state index contributed by atoms with van der Waals surface area (Å²) in [5.74, 6) is 2.11. The quantitative estimate of drug-likeness (QED) is 0.217. The third-order valence-corrected chi connectivity index (χ3v) is 8.10. The molecule has 3 amide bonds. The van der Waals surface area contributed by atoms with Crippen LogP contribution in [0.3, 0.4) is 0 Å². The standard InChI is InChI=1S/C34H44N4O5/c1-7-25(8-2)36-34(40)37-27-13-18-31(32(21-27)41-6)43-29-16-11-26(12-17-29)35-33(39)24-9-14-28(15-10-24)42-30-19-22(3)38(5)23(4)20-30/h9-18,21-23,25,30H,7-8,19-20H2,1-6H3,(H,35,39)(H2,36,37,40)/t22-,23+,30+. The monoisotopic (exact) mass is 588 g/mol. The minimum Gasteiger partial charge on any atom is -0.493 e. The number of amides is 3. The van der Waals surface area contributed by atoms with Gasteiger partial charge in [0.2, 0.25) is 0 Å². The molecule has 0 saturated carbocycles. The highest BCUT2D eigenvalue weighted by molar-refractivity contribution is 6.04. The summed E-state index contributed by atoms with van der Waals surface area (Å²) in [6.07, 6.45) is 3.86. The molecular formula is C34H44N4O5. The number of methoxy groups -OCH3 is 1. The van der Waals surface area contributed by atoms with Gasteiger partial charge in [0.25, 0.3) is 5.91 Å². The van der Waals surface area contributed by atoms with E-state index in [9.17, 15) is 9.59 Å². The summed E-state index contributed by atoms with van der Waals surface area (Å²) in [5, 5.41) is 8.71. The van der Waals surface area contributed by atoms with Gasteiger partial charge in [0.05, 0.1) is 7.11 Å². The first-order valence-electron chi connectivity index (χ1n) is 15.0. The normalized spacial score (nSPS) is 18.5. The van der Waals surface area contributed by atoms with Gasteiger partial charge in [0.1, 0.15) is 17.6 Å². The number of ether oxygens (including phenoxy) is 3. The number of piperidine rings is 1. The Kier molecular flexibility index (Phi) is 10.9.